The number of fused-ring (bicyclic) bond motifs is 1. The maximum absolute atomic E-state index is 5.44. The van der Waals surface area contributed by atoms with Gasteiger partial charge in [0.1, 0.15) is 5.82 Å². The van der Waals surface area contributed by atoms with Gasteiger partial charge in [0.25, 0.3) is 0 Å². The zero-order chi connectivity index (χ0) is 16.4. The SMILES string of the molecule is CCC1SCCn2c(-c3cc(OC)c(OC)c(OC)c3)nnc21. The molecule has 0 spiro atoms. The first kappa shape index (κ1) is 16.0. The van der Waals surface area contributed by atoms with E-state index in [4.69, 9.17) is 14.2 Å². The molecule has 1 aliphatic rings. The molecule has 2 heterocycles. The summed E-state index contributed by atoms with van der Waals surface area (Å²) < 4.78 is 18.5. The molecule has 124 valence electrons. The highest BCUT2D eigenvalue weighted by Crippen LogP contribution is 2.42. The van der Waals surface area contributed by atoms with E-state index in [0.717, 1.165) is 35.9 Å². The van der Waals surface area contributed by atoms with Crippen LogP contribution in [0.1, 0.15) is 24.4 Å². The molecule has 1 aromatic heterocycles. The molecule has 0 N–H and O–H groups in total. The first-order valence-corrected chi connectivity index (χ1v) is 8.63. The number of ether oxygens (including phenoxy) is 3. The van der Waals surface area contributed by atoms with Crippen molar-refractivity contribution in [3.63, 3.8) is 0 Å². The smallest absolute Gasteiger partial charge is 0.203 e. The highest BCUT2D eigenvalue weighted by molar-refractivity contribution is 7.99. The Balaban J connectivity index is 2.11. The molecule has 0 aliphatic carbocycles. The van der Waals surface area contributed by atoms with E-state index in [1.807, 2.05) is 23.9 Å². The molecule has 0 bridgehead atoms. The average molecular weight is 335 g/mol. The lowest BCUT2D eigenvalue weighted by Gasteiger charge is -2.22. The molecule has 0 amide bonds. The van der Waals surface area contributed by atoms with Crippen LogP contribution in [0.15, 0.2) is 12.1 Å². The maximum atomic E-state index is 5.44. The van der Waals surface area contributed by atoms with E-state index in [2.05, 4.69) is 21.7 Å². The molecule has 23 heavy (non-hydrogen) atoms. The van der Waals surface area contributed by atoms with Gasteiger partial charge in [-0.3, -0.25) is 0 Å². The topological polar surface area (TPSA) is 58.4 Å². The van der Waals surface area contributed by atoms with Crippen molar-refractivity contribution in [1.29, 1.82) is 0 Å². The van der Waals surface area contributed by atoms with Crippen LogP contribution in [0.2, 0.25) is 0 Å². The van der Waals surface area contributed by atoms with Crippen LogP contribution in [0.25, 0.3) is 11.4 Å². The van der Waals surface area contributed by atoms with Gasteiger partial charge < -0.3 is 18.8 Å². The van der Waals surface area contributed by atoms with Crippen LogP contribution in [-0.2, 0) is 6.54 Å². The molecule has 1 unspecified atom stereocenters. The fourth-order valence-electron chi connectivity index (χ4n) is 2.86. The molecular weight excluding hydrogens is 314 g/mol. The third-order valence-corrected chi connectivity index (χ3v) is 5.36. The van der Waals surface area contributed by atoms with E-state index >= 15 is 0 Å². The van der Waals surface area contributed by atoms with Crippen LogP contribution in [0.4, 0.5) is 0 Å². The van der Waals surface area contributed by atoms with Gasteiger partial charge in [0.05, 0.1) is 26.6 Å². The van der Waals surface area contributed by atoms with E-state index in [1.54, 1.807) is 21.3 Å². The second kappa shape index (κ2) is 6.70. The van der Waals surface area contributed by atoms with Crippen LogP contribution in [0.5, 0.6) is 17.2 Å². The number of hydrogen-bond donors (Lipinski definition) is 0. The Morgan fingerprint density at radius 1 is 1.13 bits per heavy atom. The molecule has 1 aliphatic heterocycles. The van der Waals surface area contributed by atoms with Crippen LogP contribution >= 0.6 is 11.8 Å². The Morgan fingerprint density at radius 2 is 1.83 bits per heavy atom. The average Bonchev–Trinajstić information content (AvgIpc) is 3.04. The highest BCUT2D eigenvalue weighted by Gasteiger charge is 2.26. The summed E-state index contributed by atoms with van der Waals surface area (Å²) in [5, 5.41) is 9.25. The largest absolute Gasteiger partial charge is 0.493 e. The number of hydrogen-bond acceptors (Lipinski definition) is 6. The van der Waals surface area contributed by atoms with Crippen LogP contribution in [-0.4, -0.2) is 41.8 Å². The van der Waals surface area contributed by atoms with Gasteiger partial charge >= 0.3 is 0 Å². The second-order valence-electron chi connectivity index (χ2n) is 5.22. The van der Waals surface area contributed by atoms with Crippen molar-refractivity contribution >= 4 is 11.8 Å². The number of aromatic nitrogens is 3. The minimum absolute atomic E-state index is 0.409. The highest BCUT2D eigenvalue weighted by atomic mass is 32.2. The Bertz CT molecular complexity index is 677. The Kier molecular flexibility index (Phi) is 4.66. The predicted octanol–water partition coefficient (Wildman–Crippen LogP) is 3.17. The van der Waals surface area contributed by atoms with Gasteiger partial charge in [0, 0.05) is 17.9 Å². The number of methoxy groups -OCH3 is 3. The van der Waals surface area contributed by atoms with Crippen molar-refractivity contribution in [2.24, 2.45) is 0 Å². The third-order valence-electron chi connectivity index (χ3n) is 4.00. The Labute approximate surface area is 140 Å². The van der Waals surface area contributed by atoms with Crippen molar-refractivity contribution in [1.82, 2.24) is 14.8 Å². The predicted molar refractivity (Wildman–Crippen MR) is 90.6 cm³/mol. The van der Waals surface area contributed by atoms with Crippen LogP contribution in [0, 0.1) is 0 Å². The standard InChI is InChI=1S/C16H21N3O3S/c1-5-13-16-18-17-15(19(16)6-7-23-13)10-8-11(20-2)14(22-4)12(9-10)21-3/h8-9,13H,5-7H2,1-4H3. The van der Waals surface area contributed by atoms with Crippen molar-refractivity contribution in [3.8, 4) is 28.6 Å². The fraction of sp³-hybridized carbons (Fsp3) is 0.500. The van der Waals surface area contributed by atoms with E-state index < -0.39 is 0 Å². The quantitative estimate of drug-likeness (QED) is 0.836. The monoisotopic (exact) mass is 335 g/mol. The van der Waals surface area contributed by atoms with Gasteiger partial charge in [-0.25, -0.2) is 0 Å². The lowest BCUT2D eigenvalue weighted by Crippen LogP contribution is -2.15. The summed E-state index contributed by atoms with van der Waals surface area (Å²) in [6.07, 6.45) is 1.05. The summed E-state index contributed by atoms with van der Waals surface area (Å²) in [7, 11) is 4.83. The molecule has 7 heteroatoms. The molecule has 3 rings (SSSR count). The van der Waals surface area contributed by atoms with E-state index in [9.17, 15) is 0 Å². The van der Waals surface area contributed by atoms with Gasteiger partial charge in [-0.1, -0.05) is 6.92 Å². The van der Waals surface area contributed by atoms with Crippen molar-refractivity contribution < 1.29 is 14.2 Å². The van der Waals surface area contributed by atoms with Gasteiger partial charge in [0.2, 0.25) is 5.75 Å². The molecule has 0 saturated carbocycles. The zero-order valence-corrected chi connectivity index (χ0v) is 14.6. The normalized spacial score (nSPS) is 16.8. The van der Waals surface area contributed by atoms with E-state index in [1.165, 1.54) is 0 Å². The van der Waals surface area contributed by atoms with E-state index in [0.29, 0.717) is 22.5 Å². The summed E-state index contributed by atoms with van der Waals surface area (Å²) in [5.74, 6) is 4.79. The van der Waals surface area contributed by atoms with Gasteiger partial charge in [-0.05, 0) is 18.6 Å². The summed E-state index contributed by atoms with van der Waals surface area (Å²) in [5.41, 5.74) is 0.917. The van der Waals surface area contributed by atoms with Crippen molar-refractivity contribution in [3.05, 3.63) is 18.0 Å². The molecule has 2 aromatic rings. The first-order chi connectivity index (χ1) is 11.2. The third kappa shape index (κ3) is 2.73. The first-order valence-electron chi connectivity index (χ1n) is 7.58. The second-order valence-corrected chi connectivity index (χ2v) is 6.53. The molecule has 6 nitrogen and oxygen atoms in total. The van der Waals surface area contributed by atoms with E-state index in [-0.39, 0.29) is 0 Å². The molecule has 0 fully saturated rings. The fourth-order valence-corrected chi connectivity index (χ4v) is 3.99. The lowest BCUT2D eigenvalue weighted by atomic mass is 10.1. The molecule has 1 aromatic carbocycles. The van der Waals surface area contributed by atoms with Crippen LogP contribution in [0.3, 0.4) is 0 Å². The number of benzene rings is 1. The summed E-state index contributed by atoms with van der Waals surface area (Å²) in [6, 6.07) is 3.84. The van der Waals surface area contributed by atoms with Crippen molar-refractivity contribution in [2.45, 2.75) is 25.1 Å². The summed E-state index contributed by atoms with van der Waals surface area (Å²) >= 11 is 1.94. The Hall–Kier alpha value is -1.89. The van der Waals surface area contributed by atoms with Gasteiger partial charge in [0.15, 0.2) is 17.3 Å². The summed E-state index contributed by atoms with van der Waals surface area (Å²) in [6.45, 7) is 3.09. The zero-order valence-electron chi connectivity index (χ0n) is 13.8. The minimum atomic E-state index is 0.409. The number of thioether (sulfide) groups is 1. The molecular formula is C16H21N3O3S. The number of nitrogens with zero attached hydrogens (tertiary/aromatic N) is 3. The number of rotatable bonds is 5. The molecule has 0 radical (unpaired) electrons. The summed E-state index contributed by atoms with van der Waals surface area (Å²) in [4.78, 5) is 0. The minimum Gasteiger partial charge on any atom is -0.493 e. The van der Waals surface area contributed by atoms with Crippen LogP contribution < -0.4 is 14.2 Å². The maximum Gasteiger partial charge on any atom is 0.203 e. The van der Waals surface area contributed by atoms with Gasteiger partial charge in [-0.2, -0.15) is 0 Å². The lowest BCUT2D eigenvalue weighted by molar-refractivity contribution is 0.324. The molecule has 1 atom stereocenters. The van der Waals surface area contributed by atoms with Gasteiger partial charge in [-0.15, -0.1) is 22.0 Å². The van der Waals surface area contributed by atoms with Crippen molar-refractivity contribution in [2.75, 3.05) is 27.1 Å². The molecule has 0 saturated heterocycles. The Morgan fingerprint density at radius 3 is 2.39 bits per heavy atom.